The molecule has 0 saturated carbocycles. The molecule has 1 atom stereocenters. The number of piperidine rings is 1. The minimum Gasteiger partial charge on any atom is -0.341 e. The number of anilines is 2. The molecule has 7 nitrogen and oxygen atoms in total. The van der Waals surface area contributed by atoms with E-state index in [9.17, 15) is 4.79 Å². The lowest BCUT2D eigenvalue weighted by Crippen LogP contribution is -2.35. The molecule has 1 amide bonds. The van der Waals surface area contributed by atoms with Gasteiger partial charge < -0.3 is 4.90 Å². The van der Waals surface area contributed by atoms with Crippen LogP contribution in [0.5, 0.6) is 0 Å². The van der Waals surface area contributed by atoms with Gasteiger partial charge in [-0.1, -0.05) is 6.92 Å². The van der Waals surface area contributed by atoms with E-state index >= 15 is 0 Å². The number of amides is 1. The van der Waals surface area contributed by atoms with Gasteiger partial charge in [0.2, 0.25) is 5.95 Å². The van der Waals surface area contributed by atoms with Gasteiger partial charge in [0.1, 0.15) is 0 Å². The van der Waals surface area contributed by atoms with Crippen molar-refractivity contribution in [3.05, 3.63) is 29.8 Å². The van der Waals surface area contributed by atoms with Gasteiger partial charge in [0.05, 0.1) is 29.7 Å². The van der Waals surface area contributed by atoms with Gasteiger partial charge in [-0.15, -0.1) is 0 Å². The number of carbonyl (C=O) groups is 1. The summed E-state index contributed by atoms with van der Waals surface area (Å²) in [6.07, 6.45) is 7.64. The molecule has 2 aromatic heterocycles. The van der Waals surface area contributed by atoms with E-state index in [-0.39, 0.29) is 5.91 Å². The fourth-order valence-electron chi connectivity index (χ4n) is 3.35. The summed E-state index contributed by atoms with van der Waals surface area (Å²) >= 11 is 0. The summed E-state index contributed by atoms with van der Waals surface area (Å²) in [7, 11) is 1.84. The molecule has 4 heterocycles. The van der Waals surface area contributed by atoms with E-state index in [0.717, 1.165) is 30.4 Å². The van der Waals surface area contributed by atoms with Crippen LogP contribution in [-0.2, 0) is 13.6 Å². The molecule has 23 heavy (non-hydrogen) atoms. The average Bonchev–Trinajstić information content (AvgIpc) is 3.11. The highest BCUT2D eigenvalue weighted by molar-refractivity contribution is 6.09. The average molecular weight is 312 g/mol. The molecule has 1 fully saturated rings. The van der Waals surface area contributed by atoms with Crippen LogP contribution in [0.15, 0.2) is 18.6 Å². The molecule has 0 aliphatic carbocycles. The van der Waals surface area contributed by atoms with E-state index in [0.29, 0.717) is 18.0 Å². The highest BCUT2D eigenvalue weighted by Crippen LogP contribution is 2.28. The summed E-state index contributed by atoms with van der Waals surface area (Å²) in [5.74, 6) is 1.36. The van der Waals surface area contributed by atoms with Crippen LogP contribution in [0.2, 0.25) is 0 Å². The Hall–Kier alpha value is -2.44. The highest BCUT2D eigenvalue weighted by atomic mass is 16.2. The lowest BCUT2D eigenvalue weighted by Gasteiger charge is -2.30. The SMILES string of the molecule is CC1CCCN(c2ncc3c(n2)CN(c2cnn(C)c2)C3=O)C1. The van der Waals surface area contributed by atoms with Gasteiger partial charge in [0.15, 0.2) is 0 Å². The standard InChI is InChI=1S/C16H20N6O/c1-11-4-3-5-21(8-11)16-17-7-13-14(19-16)10-22(15(13)23)12-6-18-20(2)9-12/h6-7,9,11H,3-5,8,10H2,1-2H3. The van der Waals surface area contributed by atoms with Crippen molar-refractivity contribution in [3.8, 4) is 0 Å². The van der Waals surface area contributed by atoms with Crippen LogP contribution in [0.25, 0.3) is 0 Å². The van der Waals surface area contributed by atoms with Gasteiger partial charge in [-0.3, -0.25) is 14.4 Å². The van der Waals surface area contributed by atoms with Crippen molar-refractivity contribution in [3.63, 3.8) is 0 Å². The zero-order valence-electron chi connectivity index (χ0n) is 13.4. The number of nitrogens with zero attached hydrogens (tertiary/aromatic N) is 6. The molecule has 0 N–H and O–H groups in total. The van der Waals surface area contributed by atoms with E-state index in [1.54, 1.807) is 22.0 Å². The second kappa shape index (κ2) is 5.33. The van der Waals surface area contributed by atoms with Crippen LogP contribution in [0.4, 0.5) is 11.6 Å². The fourth-order valence-corrected chi connectivity index (χ4v) is 3.35. The number of hydrogen-bond acceptors (Lipinski definition) is 5. The van der Waals surface area contributed by atoms with Crippen molar-refractivity contribution >= 4 is 17.5 Å². The number of hydrogen-bond donors (Lipinski definition) is 0. The molecular formula is C16H20N6O. The van der Waals surface area contributed by atoms with E-state index in [1.165, 1.54) is 12.8 Å². The molecule has 2 aromatic rings. The van der Waals surface area contributed by atoms with Crippen molar-refractivity contribution in [1.82, 2.24) is 19.7 Å². The lowest BCUT2D eigenvalue weighted by atomic mass is 10.0. The summed E-state index contributed by atoms with van der Waals surface area (Å²) in [6.45, 7) is 4.72. The normalized spacial score (nSPS) is 21.0. The largest absolute Gasteiger partial charge is 0.341 e. The minimum absolute atomic E-state index is 0.0495. The topological polar surface area (TPSA) is 67.2 Å². The number of aryl methyl sites for hydroxylation is 1. The van der Waals surface area contributed by atoms with Gasteiger partial charge in [-0.05, 0) is 18.8 Å². The third kappa shape index (κ3) is 2.46. The molecule has 2 aliphatic heterocycles. The third-order valence-corrected chi connectivity index (χ3v) is 4.58. The zero-order valence-corrected chi connectivity index (χ0v) is 13.4. The third-order valence-electron chi connectivity index (χ3n) is 4.58. The molecule has 0 radical (unpaired) electrons. The number of carbonyl (C=O) groups excluding carboxylic acids is 1. The Balaban J connectivity index is 1.61. The van der Waals surface area contributed by atoms with E-state index in [1.807, 2.05) is 13.2 Å². The predicted octanol–water partition coefficient (Wildman–Crippen LogP) is 1.61. The second-order valence-corrected chi connectivity index (χ2v) is 6.49. The molecule has 2 aliphatic rings. The van der Waals surface area contributed by atoms with E-state index < -0.39 is 0 Å². The van der Waals surface area contributed by atoms with Crippen LogP contribution >= 0.6 is 0 Å². The van der Waals surface area contributed by atoms with Crippen molar-refractivity contribution < 1.29 is 4.79 Å². The smallest absolute Gasteiger partial charge is 0.262 e. The Morgan fingerprint density at radius 3 is 2.91 bits per heavy atom. The Morgan fingerprint density at radius 1 is 1.30 bits per heavy atom. The number of fused-ring (bicyclic) bond motifs is 1. The van der Waals surface area contributed by atoms with E-state index in [2.05, 4.69) is 26.9 Å². The van der Waals surface area contributed by atoms with Gasteiger partial charge >= 0.3 is 0 Å². The Kier molecular flexibility index (Phi) is 3.28. The van der Waals surface area contributed by atoms with Crippen LogP contribution in [0.1, 0.15) is 35.8 Å². The number of aromatic nitrogens is 4. The molecular weight excluding hydrogens is 292 g/mol. The molecule has 0 spiro atoms. The fraction of sp³-hybridized carbons (Fsp3) is 0.500. The maximum atomic E-state index is 12.5. The Labute approximate surface area is 134 Å². The lowest BCUT2D eigenvalue weighted by molar-refractivity contribution is 0.0996. The first kappa shape index (κ1) is 14.2. The van der Waals surface area contributed by atoms with Crippen LogP contribution in [-0.4, -0.2) is 38.7 Å². The predicted molar refractivity (Wildman–Crippen MR) is 86.4 cm³/mol. The molecule has 120 valence electrons. The zero-order chi connectivity index (χ0) is 16.0. The van der Waals surface area contributed by atoms with Gasteiger partial charge in [0, 0.05) is 32.5 Å². The second-order valence-electron chi connectivity index (χ2n) is 6.49. The molecule has 0 aromatic carbocycles. The Bertz CT molecular complexity index is 755. The first-order valence-electron chi connectivity index (χ1n) is 8.03. The van der Waals surface area contributed by atoms with Gasteiger partial charge in [-0.2, -0.15) is 5.10 Å². The van der Waals surface area contributed by atoms with E-state index in [4.69, 9.17) is 0 Å². The van der Waals surface area contributed by atoms with Crippen molar-refractivity contribution in [2.75, 3.05) is 22.9 Å². The monoisotopic (exact) mass is 312 g/mol. The molecule has 7 heteroatoms. The van der Waals surface area contributed by atoms with Crippen LogP contribution in [0.3, 0.4) is 0 Å². The summed E-state index contributed by atoms with van der Waals surface area (Å²) in [6, 6.07) is 0. The van der Waals surface area contributed by atoms with Gasteiger partial charge in [-0.25, -0.2) is 9.97 Å². The summed E-state index contributed by atoms with van der Waals surface area (Å²) in [5.41, 5.74) is 2.20. The molecule has 1 unspecified atom stereocenters. The Morgan fingerprint density at radius 2 is 2.17 bits per heavy atom. The maximum absolute atomic E-state index is 12.5. The van der Waals surface area contributed by atoms with Crippen LogP contribution in [0, 0.1) is 5.92 Å². The first-order chi connectivity index (χ1) is 11.1. The maximum Gasteiger partial charge on any atom is 0.262 e. The highest BCUT2D eigenvalue weighted by Gasteiger charge is 2.32. The summed E-state index contributed by atoms with van der Waals surface area (Å²) in [4.78, 5) is 25.6. The van der Waals surface area contributed by atoms with Crippen LogP contribution < -0.4 is 9.80 Å². The molecule has 0 bridgehead atoms. The first-order valence-corrected chi connectivity index (χ1v) is 8.03. The van der Waals surface area contributed by atoms with Crippen molar-refractivity contribution in [2.45, 2.75) is 26.3 Å². The van der Waals surface area contributed by atoms with Gasteiger partial charge in [0.25, 0.3) is 5.91 Å². The summed E-state index contributed by atoms with van der Waals surface area (Å²) < 4.78 is 1.69. The van der Waals surface area contributed by atoms with Crippen molar-refractivity contribution in [2.24, 2.45) is 13.0 Å². The number of rotatable bonds is 2. The minimum atomic E-state index is -0.0495. The van der Waals surface area contributed by atoms with Crippen molar-refractivity contribution in [1.29, 1.82) is 0 Å². The molecule has 4 rings (SSSR count). The molecule has 1 saturated heterocycles. The quantitative estimate of drug-likeness (QED) is 0.843. The summed E-state index contributed by atoms with van der Waals surface area (Å²) in [5, 5.41) is 4.14.